The van der Waals surface area contributed by atoms with E-state index in [-0.39, 0.29) is 19.2 Å². The summed E-state index contributed by atoms with van der Waals surface area (Å²) in [6, 6.07) is 16.2. The van der Waals surface area contributed by atoms with Crippen LogP contribution in [0.1, 0.15) is 0 Å². The fourth-order valence-corrected chi connectivity index (χ4v) is 2.34. The number of methoxy groups -OCH3 is 1. The van der Waals surface area contributed by atoms with Crippen molar-refractivity contribution < 1.29 is 19.1 Å². The Morgan fingerprint density at radius 1 is 1.04 bits per heavy atom. The molecule has 0 aromatic heterocycles. The molecular weight excluding hydrogens is 332 g/mol. The summed E-state index contributed by atoms with van der Waals surface area (Å²) < 4.78 is 10.2. The lowest BCUT2D eigenvalue weighted by Gasteiger charge is -2.28. The number of anilines is 2. The molecule has 0 radical (unpaired) electrons. The van der Waals surface area contributed by atoms with Crippen LogP contribution in [0.5, 0.6) is 5.75 Å². The third kappa shape index (κ3) is 4.86. The smallest absolute Gasteiger partial charge is 0.330 e. The van der Waals surface area contributed by atoms with Crippen LogP contribution >= 0.6 is 0 Å². The van der Waals surface area contributed by atoms with Gasteiger partial charge in [0.15, 0.2) is 0 Å². The Morgan fingerprint density at radius 3 is 2.27 bits per heavy atom. The van der Waals surface area contributed by atoms with Gasteiger partial charge in [0.1, 0.15) is 12.4 Å². The fraction of sp³-hybridized carbons (Fsp3) is 0.200. The molecule has 0 aliphatic rings. The average molecular weight is 354 g/mol. The normalized spacial score (nSPS) is 9.92. The van der Waals surface area contributed by atoms with Gasteiger partial charge in [-0.2, -0.15) is 0 Å². The zero-order chi connectivity index (χ0) is 18.9. The van der Waals surface area contributed by atoms with Crippen LogP contribution in [0.25, 0.3) is 0 Å². The maximum Gasteiger partial charge on any atom is 0.330 e. The van der Waals surface area contributed by atoms with Gasteiger partial charge < -0.3 is 9.47 Å². The van der Waals surface area contributed by atoms with Crippen molar-refractivity contribution in [3.8, 4) is 5.75 Å². The van der Waals surface area contributed by atoms with Gasteiger partial charge in [0.25, 0.3) is 0 Å². The minimum atomic E-state index is -0.519. The number of para-hydroxylation sites is 1. The third-order valence-electron chi connectivity index (χ3n) is 3.77. The van der Waals surface area contributed by atoms with Crippen molar-refractivity contribution in [3.63, 3.8) is 0 Å². The molecule has 0 fully saturated rings. The highest BCUT2D eigenvalue weighted by Crippen LogP contribution is 2.21. The van der Waals surface area contributed by atoms with Crippen molar-refractivity contribution >= 4 is 23.4 Å². The van der Waals surface area contributed by atoms with E-state index in [2.05, 4.69) is 6.58 Å². The molecule has 0 aliphatic heterocycles. The van der Waals surface area contributed by atoms with Crippen LogP contribution in [0.2, 0.25) is 0 Å². The maximum atomic E-state index is 13.0. The number of carbonyl (C=O) groups excluding carboxylic acids is 2. The summed E-state index contributed by atoms with van der Waals surface area (Å²) in [5.41, 5.74) is 1.44. The molecule has 26 heavy (non-hydrogen) atoms. The van der Waals surface area contributed by atoms with Gasteiger partial charge in [-0.1, -0.05) is 24.8 Å². The molecule has 6 heteroatoms. The number of nitrogens with zero attached hydrogens (tertiary/aromatic N) is 2. The number of esters is 1. The molecule has 0 unspecified atom stereocenters. The van der Waals surface area contributed by atoms with Crippen LogP contribution in [-0.2, 0) is 9.53 Å². The summed E-state index contributed by atoms with van der Waals surface area (Å²) in [4.78, 5) is 27.3. The number of urea groups is 1. The van der Waals surface area contributed by atoms with E-state index in [1.54, 1.807) is 43.3 Å². The molecule has 0 aliphatic carbocycles. The molecule has 2 aromatic rings. The van der Waals surface area contributed by atoms with Crippen LogP contribution in [0.15, 0.2) is 67.3 Å². The van der Waals surface area contributed by atoms with Gasteiger partial charge in [-0.05, 0) is 36.4 Å². The van der Waals surface area contributed by atoms with Crippen molar-refractivity contribution in [1.82, 2.24) is 0 Å². The Labute approximate surface area is 153 Å². The number of hydrogen-bond acceptors (Lipinski definition) is 4. The summed E-state index contributed by atoms with van der Waals surface area (Å²) in [7, 11) is 3.28. The Balaban J connectivity index is 2.17. The van der Waals surface area contributed by atoms with E-state index in [0.29, 0.717) is 11.4 Å². The monoisotopic (exact) mass is 354 g/mol. The van der Waals surface area contributed by atoms with E-state index in [0.717, 1.165) is 11.8 Å². The number of benzene rings is 2. The second-order valence-corrected chi connectivity index (χ2v) is 5.40. The first kappa shape index (κ1) is 19.1. The maximum absolute atomic E-state index is 13.0. The zero-order valence-electron chi connectivity index (χ0n) is 14.9. The van der Waals surface area contributed by atoms with E-state index in [4.69, 9.17) is 9.47 Å². The standard InChI is InChI=1S/C20H22N2O4/c1-4-19(23)26-15-14-22(17-8-6-5-7-9-17)20(24)21(2)16-10-12-18(25-3)13-11-16/h4-13H,1,14-15H2,2-3H3. The first-order valence-corrected chi connectivity index (χ1v) is 8.10. The van der Waals surface area contributed by atoms with Crippen molar-refractivity contribution in [2.75, 3.05) is 37.1 Å². The highest BCUT2D eigenvalue weighted by atomic mass is 16.5. The van der Waals surface area contributed by atoms with Gasteiger partial charge in [0, 0.05) is 24.5 Å². The minimum absolute atomic E-state index is 0.0714. The van der Waals surface area contributed by atoms with Gasteiger partial charge in [-0.3, -0.25) is 9.80 Å². The Kier molecular flexibility index (Phi) is 6.79. The summed E-state index contributed by atoms with van der Waals surface area (Å²) in [6.07, 6.45) is 1.10. The van der Waals surface area contributed by atoms with Gasteiger partial charge in [0.05, 0.1) is 13.7 Å². The summed E-state index contributed by atoms with van der Waals surface area (Å²) in [5, 5.41) is 0. The quantitative estimate of drug-likeness (QED) is 0.564. The molecule has 0 atom stereocenters. The number of carbonyl (C=O) groups is 2. The van der Waals surface area contributed by atoms with E-state index < -0.39 is 5.97 Å². The summed E-state index contributed by atoms with van der Waals surface area (Å²) in [6.45, 7) is 3.66. The van der Waals surface area contributed by atoms with Gasteiger partial charge in [-0.25, -0.2) is 9.59 Å². The lowest BCUT2D eigenvalue weighted by Crippen LogP contribution is -2.43. The molecule has 2 amide bonds. The van der Waals surface area contributed by atoms with Crippen LogP contribution in [0, 0.1) is 0 Å². The van der Waals surface area contributed by atoms with Crippen molar-refractivity contribution in [1.29, 1.82) is 0 Å². The van der Waals surface area contributed by atoms with E-state index in [1.165, 1.54) is 4.90 Å². The molecule has 2 rings (SSSR count). The van der Waals surface area contributed by atoms with Crippen LogP contribution in [0.4, 0.5) is 16.2 Å². The zero-order valence-corrected chi connectivity index (χ0v) is 14.9. The molecule has 6 nitrogen and oxygen atoms in total. The number of amides is 2. The highest BCUT2D eigenvalue weighted by molar-refractivity contribution is 6.03. The molecule has 0 spiro atoms. The molecular formula is C20H22N2O4. The van der Waals surface area contributed by atoms with Crippen molar-refractivity contribution in [2.24, 2.45) is 0 Å². The van der Waals surface area contributed by atoms with Gasteiger partial charge >= 0.3 is 12.0 Å². The first-order valence-electron chi connectivity index (χ1n) is 8.10. The van der Waals surface area contributed by atoms with Crippen LogP contribution in [0.3, 0.4) is 0 Å². The van der Waals surface area contributed by atoms with Gasteiger partial charge in [0.2, 0.25) is 0 Å². The average Bonchev–Trinajstić information content (AvgIpc) is 2.70. The first-order chi connectivity index (χ1) is 12.6. The number of hydrogen-bond donors (Lipinski definition) is 0. The van der Waals surface area contributed by atoms with Crippen LogP contribution < -0.4 is 14.5 Å². The lowest BCUT2D eigenvalue weighted by atomic mass is 10.2. The molecule has 0 heterocycles. The minimum Gasteiger partial charge on any atom is -0.497 e. The molecule has 0 saturated carbocycles. The lowest BCUT2D eigenvalue weighted by molar-refractivity contribution is -0.137. The Bertz CT molecular complexity index is 744. The molecule has 0 bridgehead atoms. The molecule has 0 saturated heterocycles. The fourth-order valence-electron chi connectivity index (χ4n) is 2.34. The Hall–Kier alpha value is -3.28. The number of ether oxygens (including phenoxy) is 2. The largest absolute Gasteiger partial charge is 0.497 e. The molecule has 2 aromatic carbocycles. The summed E-state index contributed by atoms with van der Waals surface area (Å²) in [5.74, 6) is 0.194. The third-order valence-corrected chi connectivity index (χ3v) is 3.77. The highest BCUT2D eigenvalue weighted by Gasteiger charge is 2.21. The van der Waals surface area contributed by atoms with Crippen molar-refractivity contribution in [3.05, 3.63) is 67.3 Å². The second-order valence-electron chi connectivity index (χ2n) is 5.40. The molecule has 136 valence electrons. The van der Waals surface area contributed by atoms with E-state index in [1.807, 2.05) is 30.3 Å². The van der Waals surface area contributed by atoms with Crippen LogP contribution in [-0.4, -0.2) is 39.3 Å². The summed E-state index contributed by atoms with van der Waals surface area (Å²) >= 11 is 0. The predicted molar refractivity (Wildman–Crippen MR) is 102 cm³/mol. The van der Waals surface area contributed by atoms with E-state index in [9.17, 15) is 9.59 Å². The Morgan fingerprint density at radius 2 is 1.69 bits per heavy atom. The van der Waals surface area contributed by atoms with E-state index >= 15 is 0 Å². The van der Waals surface area contributed by atoms with Gasteiger partial charge in [-0.15, -0.1) is 0 Å². The topological polar surface area (TPSA) is 59.1 Å². The SMILES string of the molecule is C=CC(=O)OCCN(C(=O)N(C)c1ccc(OC)cc1)c1ccccc1. The molecule has 0 N–H and O–H groups in total. The predicted octanol–water partition coefficient (Wildman–Crippen LogP) is 3.49. The number of rotatable bonds is 7. The second kappa shape index (κ2) is 9.27. The van der Waals surface area contributed by atoms with Crippen molar-refractivity contribution in [2.45, 2.75) is 0 Å².